The molecule has 0 fully saturated rings. The van der Waals surface area contributed by atoms with Gasteiger partial charge in [0, 0.05) is 16.9 Å². The number of benzene rings is 1. The minimum atomic E-state index is -1.28. The summed E-state index contributed by atoms with van der Waals surface area (Å²) >= 11 is 9.20. The second kappa shape index (κ2) is 5.98. The number of anilines is 1. The molecule has 6 nitrogen and oxygen atoms in total. The Morgan fingerprint density at radius 1 is 1.25 bits per heavy atom. The minimum Gasteiger partial charge on any atom is -0.476 e. The van der Waals surface area contributed by atoms with Crippen molar-refractivity contribution in [2.75, 3.05) is 5.32 Å². The van der Waals surface area contributed by atoms with Crippen LogP contribution in [0.15, 0.2) is 35.1 Å². The first kappa shape index (κ1) is 14.4. The standard InChI is InChI=1S/C12H7BrClN3O3/c13-7-3-1-2-6(8(7)14)11(18)17-10-9(12(19)20)15-4-5-16-10/h1-5H,(H,19,20)(H,16,17,18). The van der Waals surface area contributed by atoms with Crippen LogP contribution in [0.2, 0.25) is 5.02 Å². The van der Waals surface area contributed by atoms with E-state index in [1.54, 1.807) is 12.1 Å². The molecule has 1 heterocycles. The number of nitrogens with zero attached hydrogens (tertiary/aromatic N) is 2. The monoisotopic (exact) mass is 355 g/mol. The second-order valence-corrected chi connectivity index (χ2v) is 4.85. The van der Waals surface area contributed by atoms with Gasteiger partial charge in [0.25, 0.3) is 5.91 Å². The molecule has 0 unspecified atom stereocenters. The molecule has 1 amide bonds. The summed E-state index contributed by atoms with van der Waals surface area (Å²) in [6.07, 6.45) is 2.51. The molecule has 0 atom stereocenters. The van der Waals surface area contributed by atoms with Gasteiger partial charge in [-0.2, -0.15) is 0 Å². The van der Waals surface area contributed by atoms with Crippen LogP contribution >= 0.6 is 27.5 Å². The number of carbonyl (C=O) groups excluding carboxylic acids is 1. The van der Waals surface area contributed by atoms with E-state index >= 15 is 0 Å². The maximum atomic E-state index is 12.1. The van der Waals surface area contributed by atoms with E-state index < -0.39 is 11.9 Å². The fourth-order valence-corrected chi connectivity index (χ4v) is 2.02. The molecular weight excluding hydrogens is 350 g/mol. The number of aromatic nitrogens is 2. The molecule has 1 aromatic carbocycles. The molecule has 2 aromatic rings. The summed E-state index contributed by atoms with van der Waals surface area (Å²) in [5, 5.41) is 11.6. The zero-order valence-corrected chi connectivity index (χ0v) is 12.1. The first-order valence-electron chi connectivity index (χ1n) is 5.30. The summed E-state index contributed by atoms with van der Waals surface area (Å²) < 4.78 is 0.560. The summed E-state index contributed by atoms with van der Waals surface area (Å²) in [6, 6.07) is 4.84. The fourth-order valence-electron chi connectivity index (χ4n) is 1.44. The largest absolute Gasteiger partial charge is 0.476 e. The highest BCUT2D eigenvalue weighted by molar-refractivity contribution is 9.10. The first-order valence-corrected chi connectivity index (χ1v) is 6.47. The van der Waals surface area contributed by atoms with Crippen molar-refractivity contribution in [3.8, 4) is 0 Å². The lowest BCUT2D eigenvalue weighted by Crippen LogP contribution is -2.17. The highest BCUT2D eigenvalue weighted by Crippen LogP contribution is 2.26. The number of amides is 1. The summed E-state index contributed by atoms with van der Waals surface area (Å²) in [4.78, 5) is 30.5. The Morgan fingerprint density at radius 2 is 1.95 bits per heavy atom. The molecule has 0 aliphatic carbocycles. The normalized spacial score (nSPS) is 10.1. The van der Waals surface area contributed by atoms with Crippen LogP contribution in [0.1, 0.15) is 20.8 Å². The van der Waals surface area contributed by atoms with E-state index in [0.29, 0.717) is 4.47 Å². The maximum Gasteiger partial charge on any atom is 0.358 e. The third-order valence-electron chi connectivity index (χ3n) is 2.33. The molecule has 1 aromatic heterocycles. The average molecular weight is 357 g/mol. The number of aromatic carboxylic acids is 1. The van der Waals surface area contributed by atoms with Gasteiger partial charge in [0.1, 0.15) is 0 Å². The highest BCUT2D eigenvalue weighted by atomic mass is 79.9. The van der Waals surface area contributed by atoms with Crippen molar-refractivity contribution in [2.45, 2.75) is 0 Å². The summed E-state index contributed by atoms with van der Waals surface area (Å²) in [5.74, 6) is -1.99. The summed E-state index contributed by atoms with van der Waals surface area (Å²) in [6.45, 7) is 0. The van der Waals surface area contributed by atoms with Crippen molar-refractivity contribution >= 4 is 45.2 Å². The van der Waals surface area contributed by atoms with Crippen LogP contribution in [0.25, 0.3) is 0 Å². The lowest BCUT2D eigenvalue weighted by Gasteiger charge is -2.08. The average Bonchev–Trinajstić information content (AvgIpc) is 2.42. The van der Waals surface area contributed by atoms with E-state index in [0.717, 1.165) is 0 Å². The topological polar surface area (TPSA) is 92.2 Å². The second-order valence-electron chi connectivity index (χ2n) is 3.61. The first-order chi connectivity index (χ1) is 9.50. The molecule has 0 aliphatic rings. The molecule has 2 rings (SSSR count). The van der Waals surface area contributed by atoms with Crippen molar-refractivity contribution in [3.05, 3.63) is 51.3 Å². The van der Waals surface area contributed by atoms with Crippen molar-refractivity contribution < 1.29 is 14.7 Å². The Labute approximate surface area is 126 Å². The lowest BCUT2D eigenvalue weighted by atomic mass is 10.2. The van der Waals surface area contributed by atoms with Crippen LogP contribution in [0.4, 0.5) is 5.82 Å². The van der Waals surface area contributed by atoms with Gasteiger partial charge in [-0.15, -0.1) is 0 Å². The molecule has 8 heteroatoms. The highest BCUT2D eigenvalue weighted by Gasteiger charge is 2.18. The van der Waals surface area contributed by atoms with Crippen molar-refractivity contribution in [3.63, 3.8) is 0 Å². The lowest BCUT2D eigenvalue weighted by molar-refractivity contribution is 0.0691. The molecule has 0 saturated heterocycles. The molecule has 0 spiro atoms. The van der Waals surface area contributed by atoms with Crippen molar-refractivity contribution in [1.29, 1.82) is 0 Å². The quantitative estimate of drug-likeness (QED) is 0.882. The van der Waals surface area contributed by atoms with E-state index in [4.69, 9.17) is 16.7 Å². The van der Waals surface area contributed by atoms with Gasteiger partial charge in [-0.05, 0) is 28.1 Å². The predicted octanol–water partition coefficient (Wildman–Crippen LogP) is 2.84. The number of rotatable bonds is 3. The number of nitrogens with one attached hydrogen (secondary N) is 1. The van der Waals surface area contributed by atoms with Crippen molar-refractivity contribution in [1.82, 2.24) is 9.97 Å². The van der Waals surface area contributed by atoms with E-state index in [9.17, 15) is 9.59 Å². The third-order valence-corrected chi connectivity index (χ3v) is 3.63. The van der Waals surface area contributed by atoms with E-state index in [1.165, 1.54) is 18.5 Å². The minimum absolute atomic E-state index is 0.138. The Balaban J connectivity index is 2.33. The van der Waals surface area contributed by atoms with Gasteiger partial charge >= 0.3 is 5.97 Å². The molecule has 2 N–H and O–H groups in total. The zero-order chi connectivity index (χ0) is 14.7. The van der Waals surface area contributed by atoms with Gasteiger partial charge in [0.05, 0.1) is 10.6 Å². The molecule has 0 radical (unpaired) electrons. The SMILES string of the molecule is O=C(Nc1nccnc1C(=O)O)c1cccc(Br)c1Cl. The smallest absolute Gasteiger partial charge is 0.358 e. The van der Waals surface area contributed by atoms with Crippen LogP contribution in [-0.4, -0.2) is 27.0 Å². The number of carbonyl (C=O) groups is 2. The van der Waals surface area contributed by atoms with Crippen LogP contribution < -0.4 is 5.32 Å². The maximum absolute atomic E-state index is 12.1. The molecular formula is C12H7BrClN3O3. The van der Waals surface area contributed by atoms with Crippen LogP contribution in [0.5, 0.6) is 0 Å². The number of hydrogen-bond donors (Lipinski definition) is 2. The molecule has 0 bridgehead atoms. The van der Waals surface area contributed by atoms with Crippen LogP contribution in [0.3, 0.4) is 0 Å². The number of halogens is 2. The molecule has 20 heavy (non-hydrogen) atoms. The fraction of sp³-hybridized carbons (Fsp3) is 0. The zero-order valence-electron chi connectivity index (χ0n) is 9.80. The van der Waals surface area contributed by atoms with Gasteiger partial charge in [0.2, 0.25) is 0 Å². The van der Waals surface area contributed by atoms with E-state index in [1.807, 2.05) is 0 Å². The predicted molar refractivity (Wildman–Crippen MR) is 76.1 cm³/mol. The van der Waals surface area contributed by atoms with Crippen molar-refractivity contribution in [2.24, 2.45) is 0 Å². The molecule has 102 valence electrons. The molecule has 0 aliphatic heterocycles. The van der Waals surface area contributed by atoms with Gasteiger partial charge in [-0.3, -0.25) is 4.79 Å². The number of carboxylic acid groups (broad SMARTS) is 1. The number of hydrogen-bond acceptors (Lipinski definition) is 4. The Kier molecular flexibility index (Phi) is 4.31. The van der Waals surface area contributed by atoms with E-state index in [-0.39, 0.29) is 22.1 Å². The van der Waals surface area contributed by atoms with Crippen LogP contribution in [0, 0.1) is 0 Å². The van der Waals surface area contributed by atoms with E-state index in [2.05, 4.69) is 31.2 Å². The molecule has 0 saturated carbocycles. The summed E-state index contributed by atoms with van der Waals surface area (Å²) in [7, 11) is 0. The van der Waals surface area contributed by atoms with Crippen LogP contribution in [-0.2, 0) is 0 Å². The van der Waals surface area contributed by atoms with Gasteiger partial charge < -0.3 is 10.4 Å². The number of carboxylic acids is 1. The Hall–Kier alpha value is -1.99. The summed E-state index contributed by atoms with van der Waals surface area (Å²) in [5.41, 5.74) is -0.144. The third kappa shape index (κ3) is 2.94. The van der Waals surface area contributed by atoms with Gasteiger partial charge in [-0.1, -0.05) is 17.7 Å². The van der Waals surface area contributed by atoms with Gasteiger partial charge in [-0.25, -0.2) is 14.8 Å². The van der Waals surface area contributed by atoms with Gasteiger partial charge in [0.15, 0.2) is 11.5 Å². The Morgan fingerprint density at radius 3 is 2.65 bits per heavy atom. The Bertz CT molecular complexity index is 693.